The number of nitrogens with zero attached hydrogens (tertiary/aromatic N) is 2. The third-order valence-electron chi connectivity index (χ3n) is 2.93. The second-order valence-corrected chi connectivity index (χ2v) is 4.13. The molecule has 0 aromatic heterocycles. The van der Waals surface area contributed by atoms with E-state index in [4.69, 9.17) is 5.11 Å². The van der Waals surface area contributed by atoms with Crippen LogP contribution in [0.25, 0.3) is 5.70 Å². The van der Waals surface area contributed by atoms with Crippen LogP contribution in [0.3, 0.4) is 0 Å². The Bertz CT molecular complexity index is 521. The lowest BCUT2D eigenvalue weighted by Crippen LogP contribution is -2.31. The summed E-state index contributed by atoms with van der Waals surface area (Å²) in [5.41, 5.74) is 1.25. The van der Waals surface area contributed by atoms with Gasteiger partial charge in [0.1, 0.15) is 0 Å². The van der Waals surface area contributed by atoms with E-state index in [0.29, 0.717) is 17.7 Å². The molecule has 0 radical (unpaired) electrons. The molecule has 1 aliphatic heterocycles. The van der Waals surface area contributed by atoms with Crippen molar-refractivity contribution in [3.8, 4) is 0 Å². The predicted octanol–water partition coefficient (Wildman–Crippen LogP) is 2.71. The van der Waals surface area contributed by atoms with Crippen LogP contribution < -0.4 is 0 Å². The van der Waals surface area contributed by atoms with Crippen LogP contribution in [0.4, 0.5) is 10.5 Å². The molecule has 1 N–H and O–H groups in total. The first-order valence-electron chi connectivity index (χ1n) is 5.48. The maximum atomic E-state index is 11.1. The lowest BCUT2D eigenvalue weighted by Gasteiger charge is -2.22. The standard InChI is InChI=1S/C12H12N2O4/c1-8-2-7-11(13(8)12(15)16)9-3-5-10(6-4-9)14(17)18/h3-8H,2H2,1H3,(H,15,16). The van der Waals surface area contributed by atoms with Crippen molar-refractivity contribution in [2.45, 2.75) is 19.4 Å². The van der Waals surface area contributed by atoms with Gasteiger partial charge in [-0.1, -0.05) is 6.08 Å². The third kappa shape index (κ3) is 2.04. The lowest BCUT2D eigenvalue weighted by atomic mass is 10.1. The monoisotopic (exact) mass is 248 g/mol. The Balaban J connectivity index is 2.31. The van der Waals surface area contributed by atoms with E-state index in [1.54, 1.807) is 12.1 Å². The predicted molar refractivity (Wildman–Crippen MR) is 65.0 cm³/mol. The van der Waals surface area contributed by atoms with Crippen LogP contribution in [-0.2, 0) is 0 Å². The number of non-ortho nitro benzene ring substituents is 1. The summed E-state index contributed by atoms with van der Waals surface area (Å²) in [5.74, 6) is 0. The Morgan fingerprint density at radius 2 is 2.06 bits per heavy atom. The largest absolute Gasteiger partial charge is 0.465 e. The summed E-state index contributed by atoms with van der Waals surface area (Å²) < 4.78 is 0. The Kier molecular flexibility index (Phi) is 3.01. The number of nitro benzene ring substituents is 1. The van der Waals surface area contributed by atoms with Crippen LogP contribution in [0.5, 0.6) is 0 Å². The Hall–Kier alpha value is -2.37. The van der Waals surface area contributed by atoms with Gasteiger partial charge in [-0.15, -0.1) is 0 Å². The fraction of sp³-hybridized carbons (Fsp3) is 0.250. The van der Waals surface area contributed by atoms with E-state index in [1.807, 2.05) is 13.0 Å². The van der Waals surface area contributed by atoms with Gasteiger partial charge in [0.25, 0.3) is 5.69 Å². The Labute approximate surface area is 103 Å². The van der Waals surface area contributed by atoms with Gasteiger partial charge in [0.15, 0.2) is 0 Å². The van der Waals surface area contributed by atoms with E-state index in [-0.39, 0.29) is 11.7 Å². The van der Waals surface area contributed by atoms with Crippen molar-refractivity contribution in [3.05, 3.63) is 46.0 Å². The fourth-order valence-corrected chi connectivity index (χ4v) is 2.03. The highest BCUT2D eigenvalue weighted by molar-refractivity contribution is 5.83. The molecule has 0 fully saturated rings. The average molecular weight is 248 g/mol. The molecule has 0 aliphatic carbocycles. The summed E-state index contributed by atoms with van der Waals surface area (Å²) >= 11 is 0. The average Bonchev–Trinajstić information content (AvgIpc) is 2.71. The van der Waals surface area contributed by atoms with Crippen LogP contribution in [-0.4, -0.2) is 27.1 Å². The first-order valence-corrected chi connectivity index (χ1v) is 5.48. The maximum absolute atomic E-state index is 11.1. The molecule has 6 heteroatoms. The highest BCUT2D eigenvalue weighted by Gasteiger charge is 2.28. The topological polar surface area (TPSA) is 83.7 Å². The molecule has 94 valence electrons. The van der Waals surface area contributed by atoms with Gasteiger partial charge in [0, 0.05) is 18.2 Å². The number of benzene rings is 1. The van der Waals surface area contributed by atoms with Gasteiger partial charge in [0.2, 0.25) is 0 Å². The minimum absolute atomic E-state index is 0.00716. The smallest absolute Gasteiger partial charge is 0.412 e. The third-order valence-corrected chi connectivity index (χ3v) is 2.93. The van der Waals surface area contributed by atoms with Gasteiger partial charge in [-0.05, 0) is 31.0 Å². The SMILES string of the molecule is CC1CC=C(c2ccc([N+](=O)[O-])cc2)N1C(=O)O. The summed E-state index contributed by atoms with van der Waals surface area (Å²) in [6.07, 6.45) is 1.48. The summed E-state index contributed by atoms with van der Waals surface area (Å²) in [4.78, 5) is 22.5. The van der Waals surface area contributed by atoms with Crippen LogP contribution in [0, 0.1) is 10.1 Å². The van der Waals surface area contributed by atoms with Crippen molar-refractivity contribution < 1.29 is 14.8 Å². The van der Waals surface area contributed by atoms with Crippen molar-refractivity contribution in [2.75, 3.05) is 0 Å². The number of carboxylic acid groups (broad SMARTS) is 1. The van der Waals surface area contributed by atoms with E-state index in [2.05, 4.69) is 0 Å². The second-order valence-electron chi connectivity index (χ2n) is 4.13. The molecule has 0 saturated carbocycles. The Morgan fingerprint density at radius 3 is 2.56 bits per heavy atom. The molecule has 18 heavy (non-hydrogen) atoms. The minimum atomic E-state index is -1.01. The Morgan fingerprint density at radius 1 is 1.44 bits per heavy atom. The molecule has 1 aliphatic rings. The first-order chi connectivity index (χ1) is 8.50. The highest BCUT2D eigenvalue weighted by Crippen LogP contribution is 2.30. The zero-order chi connectivity index (χ0) is 13.3. The summed E-state index contributed by atoms with van der Waals surface area (Å²) in [7, 11) is 0. The van der Waals surface area contributed by atoms with Crippen molar-refractivity contribution in [1.29, 1.82) is 0 Å². The molecule has 6 nitrogen and oxygen atoms in total. The van der Waals surface area contributed by atoms with E-state index < -0.39 is 11.0 Å². The quantitative estimate of drug-likeness (QED) is 0.644. The van der Waals surface area contributed by atoms with Crippen molar-refractivity contribution in [2.24, 2.45) is 0 Å². The molecule has 1 atom stereocenters. The molecule has 1 aromatic carbocycles. The van der Waals surface area contributed by atoms with Crippen LogP contribution in [0.2, 0.25) is 0 Å². The van der Waals surface area contributed by atoms with E-state index in [1.165, 1.54) is 17.0 Å². The molecule has 0 saturated heterocycles. The summed E-state index contributed by atoms with van der Waals surface area (Å²) in [6, 6.07) is 5.78. The number of carbonyl (C=O) groups is 1. The van der Waals surface area contributed by atoms with Gasteiger partial charge >= 0.3 is 6.09 Å². The zero-order valence-electron chi connectivity index (χ0n) is 9.74. The minimum Gasteiger partial charge on any atom is -0.465 e. The zero-order valence-corrected chi connectivity index (χ0v) is 9.74. The van der Waals surface area contributed by atoms with Crippen molar-refractivity contribution >= 4 is 17.5 Å². The van der Waals surface area contributed by atoms with E-state index >= 15 is 0 Å². The number of amides is 1. The number of rotatable bonds is 2. The van der Waals surface area contributed by atoms with Crippen molar-refractivity contribution in [3.63, 3.8) is 0 Å². The van der Waals surface area contributed by atoms with Gasteiger partial charge in [-0.2, -0.15) is 0 Å². The van der Waals surface area contributed by atoms with E-state index in [9.17, 15) is 14.9 Å². The highest BCUT2D eigenvalue weighted by atomic mass is 16.6. The molecule has 1 amide bonds. The number of hydrogen-bond acceptors (Lipinski definition) is 3. The number of hydrogen-bond donors (Lipinski definition) is 1. The molecule has 1 unspecified atom stereocenters. The van der Waals surface area contributed by atoms with Gasteiger partial charge < -0.3 is 5.11 Å². The van der Waals surface area contributed by atoms with Crippen LogP contribution >= 0.6 is 0 Å². The number of nitro groups is 1. The van der Waals surface area contributed by atoms with E-state index in [0.717, 1.165) is 0 Å². The van der Waals surface area contributed by atoms with Crippen LogP contribution in [0.1, 0.15) is 18.9 Å². The maximum Gasteiger partial charge on any atom is 0.412 e. The molecular weight excluding hydrogens is 236 g/mol. The molecule has 0 bridgehead atoms. The van der Waals surface area contributed by atoms with Gasteiger partial charge in [0.05, 0.1) is 10.6 Å². The molecule has 1 heterocycles. The van der Waals surface area contributed by atoms with Crippen molar-refractivity contribution in [1.82, 2.24) is 4.90 Å². The first kappa shape index (κ1) is 12.1. The molecular formula is C12H12N2O4. The lowest BCUT2D eigenvalue weighted by molar-refractivity contribution is -0.384. The summed E-state index contributed by atoms with van der Waals surface area (Å²) in [5, 5.41) is 19.7. The van der Waals surface area contributed by atoms with Gasteiger partial charge in [-0.25, -0.2) is 4.79 Å². The molecule has 0 spiro atoms. The molecule has 2 rings (SSSR count). The van der Waals surface area contributed by atoms with Gasteiger partial charge in [-0.3, -0.25) is 15.0 Å². The normalized spacial score (nSPS) is 18.6. The summed E-state index contributed by atoms with van der Waals surface area (Å²) in [6.45, 7) is 1.82. The molecule has 1 aromatic rings. The second kappa shape index (κ2) is 4.48. The fourth-order valence-electron chi connectivity index (χ4n) is 2.03. The van der Waals surface area contributed by atoms with Crippen LogP contribution in [0.15, 0.2) is 30.3 Å².